The van der Waals surface area contributed by atoms with Crippen molar-refractivity contribution in [2.45, 2.75) is 19.3 Å². The van der Waals surface area contributed by atoms with E-state index in [9.17, 15) is 9.59 Å². The third-order valence-electron chi connectivity index (χ3n) is 4.89. The number of nitrogens with zero attached hydrogens (tertiary/aromatic N) is 2. The van der Waals surface area contributed by atoms with Crippen molar-refractivity contribution >= 4 is 24.2 Å². The summed E-state index contributed by atoms with van der Waals surface area (Å²) in [7, 11) is 0. The molecule has 1 aliphatic heterocycles. The molecule has 1 saturated carbocycles. The van der Waals surface area contributed by atoms with Crippen LogP contribution in [0.15, 0.2) is 22.8 Å². The average Bonchev–Trinajstić information content (AvgIpc) is 3.24. The molecule has 2 N–H and O–H groups in total. The van der Waals surface area contributed by atoms with Crippen LogP contribution in [-0.4, -0.2) is 54.3 Å². The van der Waals surface area contributed by atoms with Crippen LogP contribution in [0.25, 0.3) is 0 Å². The molecule has 2 aliphatic rings. The average molecular weight is 342 g/mol. The Morgan fingerprint density at radius 2 is 1.87 bits per heavy atom. The predicted molar refractivity (Wildman–Crippen MR) is 88.3 cm³/mol. The molecule has 2 atom stereocenters. The van der Waals surface area contributed by atoms with E-state index in [-0.39, 0.29) is 30.1 Å². The molecular weight excluding hydrogens is 318 g/mol. The molecule has 2 fully saturated rings. The lowest BCUT2D eigenvalue weighted by Crippen LogP contribution is -2.52. The number of rotatable bonds is 3. The van der Waals surface area contributed by atoms with Crippen LogP contribution in [0.5, 0.6) is 0 Å². The van der Waals surface area contributed by atoms with E-state index >= 15 is 0 Å². The Kier molecular flexibility index (Phi) is 6.07. The molecule has 6 nitrogen and oxygen atoms in total. The van der Waals surface area contributed by atoms with E-state index in [2.05, 4.69) is 0 Å². The zero-order valence-corrected chi connectivity index (χ0v) is 14.0. The van der Waals surface area contributed by atoms with Gasteiger partial charge in [-0.15, -0.1) is 12.4 Å². The minimum atomic E-state index is -0.0993. The van der Waals surface area contributed by atoms with Gasteiger partial charge in [-0.3, -0.25) is 9.59 Å². The Hall–Kier alpha value is -1.53. The second-order valence-electron chi connectivity index (χ2n) is 6.13. The fourth-order valence-electron chi connectivity index (χ4n) is 3.56. The van der Waals surface area contributed by atoms with Gasteiger partial charge in [-0.2, -0.15) is 0 Å². The summed E-state index contributed by atoms with van der Waals surface area (Å²) >= 11 is 0. The van der Waals surface area contributed by atoms with Gasteiger partial charge in [0.05, 0.1) is 6.26 Å². The van der Waals surface area contributed by atoms with Gasteiger partial charge < -0.3 is 20.0 Å². The largest absolute Gasteiger partial charge is 0.459 e. The van der Waals surface area contributed by atoms with Crippen molar-refractivity contribution in [3.05, 3.63) is 24.2 Å². The molecule has 0 unspecified atom stereocenters. The molecule has 0 bridgehead atoms. The number of hydrogen-bond acceptors (Lipinski definition) is 4. The highest BCUT2D eigenvalue weighted by Crippen LogP contribution is 2.32. The van der Waals surface area contributed by atoms with Crippen LogP contribution in [-0.2, 0) is 4.79 Å². The molecule has 23 heavy (non-hydrogen) atoms. The molecule has 1 aromatic heterocycles. The highest BCUT2D eigenvalue weighted by molar-refractivity contribution is 5.91. The normalized spacial score (nSPS) is 24.4. The van der Waals surface area contributed by atoms with Gasteiger partial charge in [-0.1, -0.05) is 6.42 Å². The second-order valence-corrected chi connectivity index (χ2v) is 6.13. The van der Waals surface area contributed by atoms with Crippen molar-refractivity contribution in [1.29, 1.82) is 0 Å². The first kappa shape index (κ1) is 17.8. The monoisotopic (exact) mass is 341 g/mol. The van der Waals surface area contributed by atoms with Gasteiger partial charge in [-0.25, -0.2) is 0 Å². The van der Waals surface area contributed by atoms with Crippen molar-refractivity contribution in [1.82, 2.24) is 9.80 Å². The number of carbonyl (C=O) groups is 2. The molecular formula is C16H24ClN3O3. The summed E-state index contributed by atoms with van der Waals surface area (Å²) in [6.07, 6.45) is 4.60. The SMILES string of the molecule is Cl.NC[C@H]1CCC[C@H]1C(=O)N1CCN(C(=O)c2ccco2)CC1. The summed E-state index contributed by atoms with van der Waals surface area (Å²) in [6.45, 7) is 2.90. The van der Waals surface area contributed by atoms with Crippen molar-refractivity contribution in [3.8, 4) is 0 Å². The summed E-state index contributed by atoms with van der Waals surface area (Å²) in [5.41, 5.74) is 5.77. The smallest absolute Gasteiger partial charge is 0.289 e. The Morgan fingerprint density at radius 1 is 1.17 bits per heavy atom. The van der Waals surface area contributed by atoms with Crippen molar-refractivity contribution in [3.63, 3.8) is 0 Å². The Morgan fingerprint density at radius 3 is 2.48 bits per heavy atom. The lowest BCUT2D eigenvalue weighted by molar-refractivity contribution is -0.138. The van der Waals surface area contributed by atoms with E-state index in [4.69, 9.17) is 10.2 Å². The maximum Gasteiger partial charge on any atom is 0.289 e. The Balaban J connectivity index is 0.00000192. The number of piperazine rings is 1. The van der Waals surface area contributed by atoms with Gasteiger partial charge in [0, 0.05) is 32.1 Å². The molecule has 0 radical (unpaired) electrons. The van der Waals surface area contributed by atoms with Gasteiger partial charge >= 0.3 is 0 Å². The van der Waals surface area contributed by atoms with Crippen molar-refractivity contribution in [2.75, 3.05) is 32.7 Å². The number of halogens is 1. The van der Waals surface area contributed by atoms with Crippen LogP contribution in [0.2, 0.25) is 0 Å². The number of furan rings is 1. The molecule has 2 heterocycles. The van der Waals surface area contributed by atoms with Crippen LogP contribution >= 0.6 is 12.4 Å². The van der Waals surface area contributed by atoms with Crippen LogP contribution in [0, 0.1) is 11.8 Å². The lowest BCUT2D eigenvalue weighted by atomic mass is 9.94. The Bertz CT molecular complexity index is 527. The molecule has 2 amide bonds. The molecule has 0 spiro atoms. The standard InChI is InChI=1S/C16H23N3O3.ClH/c17-11-12-3-1-4-13(12)15(20)18-6-8-19(9-7-18)16(21)14-5-2-10-22-14;/h2,5,10,12-13H,1,3-4,6-9,11,17H2;1H/t12-,13-;/m1./s1. The topological polar surface area (TPSA) is 79.8 Å². The zero-order chi connectivity index (χ0) is 15.5. The quantitative estimate of drug-likeness (QED) is 0.900. The molecule has 1 aromatic rings. The number of amides is 2. The molecule has 1 saturated heterocycles. The minimum absolute atomic E-state index is 0. The third kappa shape index (κ3) is 3.70. The van der Waals surface area contributed by atoms with E-state index in [1.54, 1.807) is 17.0 Å². The summed E-state index contributed by atoms with van der Waals surface area (Å²) < 4.78 is 5.15. The first-order valence-corrected chi connectivity index (χ1v) is 8.02. The Labute approximate surface area is 142 Å². The maximum atomic E-state index is 12.6. The summed E-state index contributed by atoms with van der Waals surface area (Å²) in [5, 5.41) is 0. The summed E-state index contributed by atoms with van der Waals surface area (Å²) in [5.74, 6) is 0.891. The minimum Gasteiger partial charge on any atom is -0.459 e. The van der Waals surface area contributed by atoms with E-state index in [0.717, 1.165) is 19.3 Å². The lowest BCUT2D eigenvalue weighted by Gasteiger charge is -2.36. The summed E-state index contributed by atoms with van der Waals surface area (Å²) in [6, 6.07) is 3.38. The first-order valence-electron chi connectivity index (χ1n) is 8.02. The number of nitrogens with two attached hydrogens (primary N) is 1. The molecule has 1 aliphatic carbocycles. The third-order valence-corrected chi connectivity index (χ3v) is 4.89. The molecule has 0 aromatic carbocycles. The van der Waals surface area contributed by atoms with E-state index in [0.29, 0.717) is 44.4 Å². The van der Waals surface area contributed by atoms with E-state index < -0.39 is 0 Å². The van der Waals surface area contributed by atoms with Gasteiger partial charge in [0.25, 0.3) is 5.91 Å². The highest BCUT2D eigenvalue weighted by Gasteiger charge is 2.36. The number of hydrogen-bond donors (Lipinski definition) is 1. The van der Waals surface area contributed by atoms with Crippen molar-refractivity contribution < 1.29 is 14.0 Å². The van der Waals surface area contributed by atoms with Crippen LogP contribution in [0.3, 0.4) is 0 Å². The van der Waals surface area contributed by atoms with Crippen LogP contribution in [0.1, 0.15) is 29.8 Å². The van der Waals surface area contributed by atoms with Crippen molar-refractivity contribution in [2.24, 2.45) is 17.6 Å². The number of carbonyl (C=O) groups excluding carboxylic acids is 2. The van der Waals surface area contributed by atoms with Gasteiger partial charge in [0.1, 0.15) is 0 Å². The van der Waals surface area contributed by atoms with Crippen LogP contribution in [0.4, 0.5) is 0 Å². The fraction of sp³-hybridized carbons (Fsp3) is 0.625. The predicted octanol–water partition coefficient (Wildman–Crippen LogP) is 1.36. The van der Waals surface area contributed by atoms with E-state index in [1.165, 1.54) is 6.26 Å². The molecule has 7 heteroatoms. The van der Waals surface area contributed by atoms with Gasteiger partial charge in [0.2, 0.25) is 5.91 Å². The second kappa shape index (κ2) is 7.84. The first-order chi connectivity index (χ1) is 10.7. The molecule has 3 rings (SSSR count). The van der Waals surface area contributed by atoms with E-state index in [1.807, 2.05) is 4.90 Å². The van der Waals surface area contributed by atoms with Crippen LogP contribution < -0.4 is 5.73 Å². The molecule has 128 valence electrons. The van der Waals surface area contributed by atoms with Gasteiger partial charge in [0.15, 0.2) is 5.76 Å². The highest BCUT2D eigenvalue weighted by atomic mass is 35.5. The summed E-state index contributed by atoms with van der Waals surface area (Å²) in [4.78, 5) is 28.5. The zero-order valence-electron chi connectivity index (χ0n) is 13.1. The maximum absolute atomic E-state index is 12.6. The van der Waals surface area contributed by atoms with Gasteiger partial charge in [-0.05, 0) is 37.4 Å². The fourth-order valence-corrected chi connectivity index (χ4v) is 3.56.